The van der Waals surface area contributed by atoms with Gasteiger partial charge in [0.1, 0.15) is 0 Å². The van der Waals surface area contributed by atoms with E-state index >= 15 is 0 Å². The van der Waals surface area contributed by atoms with Crippen LogP contribution in [0.15, 0.2) is 11.6 Å². The molecule has 1 unspecified atom stereocenters. The van der Waals surface area contributed by atoms with Crippen LogP contribution < -0.4 is 0 Å². The van der Waals surface area contributed by atoms with Crippen molar-refractivity contribution in [1.29, 1.82) is 0 Å². The highest BCUT2D eigenvalue weighted by Crippen LogP contribution is 2.14. The van der Waals surface area contributed by atoms with Crippen LogP contribution in [-0.4, -0.2) is 61.8 Å². The third kappa shape index (κ3) is 3.74. The minimum absolute atomic E-state index is 0.495. The summed E-state index contributed by atoms with van der Waals surface area (Å²) < 4.78 is 5.66. The number of nitrogens with zero attached hydrogens (tertiary/aromatic N) is 2. The van der Waals surface area contributed by atoms with E-state index < -0.39 is 0 Å². The van der Waals surface area contributed by atoms with Gasteiger partial charge in [0.25, 0.3) is 0 Å². The van der Waals surface area contributed by atoms with Crippen molar-refractivity contribution in [2.45, 2.75) is 18.9 Å². The lowest BCUT2D eigenvalue weighted by atomic mass is 10.2. The van der Waals surface area contributed by atoms with Crippen molar-refractivity contribution in [3.05, 3.63) is 11.6 Å². The molecule has 3 nitrogen and oxygen atoms in total. The Labute approximate surface area is 103 Å². The van der Waals surface area contributed by atoms with Gasteiger partial charge in [0.2, 0.25) is 0 Å². The maximum atomic E-state index is 5.66. The predicted molar refractivity (Wildman–Crippen MR) is 66.8 cm³/mol. The molecule has 92 valence electrons. The molecule has 2 aliphatic rings. The molecule has 2 saturated heterocycles. The van der Waals surface area contributed by atoms with E-state index in [-0.39, 0.29) is 0 Å². The van der Waals surface area contributed by atoms with Gasteiger partial charge < -0.3 is 4.74 Å². The average molecular weight is 245 g/mol. The van der Waals surface area contributed by atoms with Crippen molar-refractivity contribution >= 4 is 11.6 Å². The van der Waals surface area contributed by atoms with Crippen molar-refractivity contribution in [2.75, 3.05) is 45.9 Å². The molecule has 2 aliphatic heterocycles. The molecule has 2 rings (SSSR count). The summed E-state index contributed by atoms with van der Waals surface area (Å²) in [7, 11) is 0. The molecule has 2 heterocycles. The van der Waals surface area contributed by atoms with E-state index in [2.05, 4.69) is 9.80 Å². The van der Waals surface area contributed by atoms with Crippen LogP contribution in [0.4, 0.5) is 0 Å². The van der Waals surface area contributed by atoms with E-state index in [1.807, 2.05) is 6.08 Å². The van der Waals surface area contributed by atoms with Crippen LogP contribution in [0.5, 0.6) is 0 Å². The SMILES string of the molecule is Cl/C=C/CN1CCN(CC2CCCO2)CC1. The smallest absolute Gasteiger partial charge is 0.0702 e. The number of rotatable bonds is 4. The molecule has 0 radical (unpaired) electrons. The topological polar surface area (TPSA) is 15.7 Å². The largest absolute Gasteiger partial charge is 0.377 e. The zero-order chi connectivity index (χ0) is 11.2. The van der Waals surface area contributed by atoms with Gasteiger partial charge in [-0.05, 0) is 12.8 Å². The molecule has 0 spiro atoms. The second-order valence-corrected chi connectivity index (χ2v) is 4.85. The predicted octanol–water partition coefficient (Wildman–Crippen LogP) is 1.54. The number of hydrogen-bond donors (Lipinski definition) is 0. The lowest BCUT2D eigenvalue weighted by molar-refractivity contribution is 0.0526. The molecule has 0 amide bonds. The van der Waals surface area contributed by atoms with Crippen molar-refractivity contribution in [1.82, 2.24) is 9.80 Å². The summed E-state index contributed by atoms with van der Waals surface area (Å²) in [5, 5.41) is 0. The van der Waals surface area contributed by atoms with E-state index in [1.54, 1.807) is 5.54 Å². The summed E-state index contributed by atoms with van der Waals surface area (Å²) in [5.41, 5.74) is 1.61. The highest BCUT2D eigenvalue weighted by molar-refractivity contribution is 6.25. The summed E-state index contributed by atoms with van der Waals surface area (Å²) in [6.45, 7) is 7.69. The maximum absolute atomic E-state index is 5.66. The molecule has 0 saturated carbocycles. The first kappa shape index (κ1) is 12.4. The lowest BCUT2D eigenvalue weighted by Crippen LogP contribution is -2.48. The highest BCUT2D eigenvalue weighted by Gasteiger charge is 2.22. The summed E-state index contributed by atoms with van der Waals surface area (Å²) in [5.74, 6) is 0. The summed E-state index contributed by atoms with van der Waals surface area (Å²) in [6, 6.07) is 0. The van der Waals surface area contributed by atoms with Crippen LogP contribution in [0.3, 0.4) is 0 Å². The van der Waals surface area contributed by atoms with Crippen LogP contribution in [0.1, 0.15) is 12.8 Å². The summed E-state index contributed by atoms with van der Waals surface area (Å²) >= 11 is 5.53. The van der Waals surface area contributed by atoms with Crippen LogP contribution in [0, 0.1) is 0 Å². The summed E-state index contributed by atoms with van der Waals surface area (Å²) in [4.78, 5) is 4.96. The van der Waals surface area contributed by atoms with Gasteiger partial charge in [0, 0.05) is 51.4 Å². The number of piperazine rings is 1. The lowest BCUT2D eigenvalue weighted by Gasteiger charge is -2.35. The Balaban J connectivity index is 1.64. The fourth-order valence-electron chi connectivity index (χ4n) is 2.42. The van der Waals surface area contributed by atoms with Crippen molar-refractivity contribution in [3.63, 3.8) is 0 Å². The molecule has 0 aromatic heterocycles. The Hall–Kier alpha value is -0.0900. The molecule has 0 aliphatic carbocycles. The number of halogens is 1. The first-order valence-electron chi connectivity index (χ1n) is 6.20. The van der Waals surface area contributed by atoms with E-state index in [1.165, 1.54) is 12.8 Å². The number of ether oxygens (including phenoxy) is 1. The second-order valence-electron chi connectivity index (χ2n) is 4.60. The molecule has 16 heavy (non-hydrogen) atoms. The van der Waals surface area contributed by atoms with Gasteiger partial charge in [-0.3, -0.25) is 9.80 Å². The van der Waals surface area contributed by atoms with Crippen LogP contribution in [0.25, 0.3) is 0 Å². The molecule has 4 heteroatoms. The second kappa shape index (κ2) is 6.60. The summed E-state index contributed by atoms with van der Waals surface area (Å²) in [6.07, 6.45) is 4.99. The minimum Gasteiger partial charge on any atom is -0.377 e. The third-order valence-electron chi connectivity index (χ3n) is 3.40. The van der Waals surface area contributed by atoms with Crippen LogP contribution >= 0.6 is 11.6 Å². The Morgan fingerprint density at radius 1 is 1.19 bits per heavy atom. The van der Waals surface area contributed by atoms with E-state index in [0.29, 0.717) is 6.10 Å². The first-order valence-corrected chi connectivity index (χ1v) is 6.63. The molecule has 2 fully saturated rings. The van der Waals surface area contributed by atoms with Crippen molar-refractivity contribution in [3.8, 4) is 0 Å². The monoisotopic (exact) mass is 244 g/mol. The van der Waals surface area contributed by atoms with Gasteiger partial charge in [-0.25, -0.2) is 0 Å². The third-order valence-corrected chi connectivity index (χ3v) is 3.58. The Morgan fingerprint density at radius 2 is 1.94 bits per heavy atom. The highest BCUT2D eigenvalue weighted by atomic mass is 35.5. The van der Waals surface area contributed by atoms with Gasteiger partial charge >= 0.3 is 0 Å². The van der Waals surface area contributed by atoms with Gasteiger partial charge in [0.15, 0.2) is 0 Å². The molecule has 0 aromatic rings. The van der Waals surface area contributed by atoms with Gasteiger partial charge in [-0.2, -0.15) is 0 Å². The Kier molecular flexibility index (Phi) is 5.10. The molecular weight excluding hydrogens is 224 g/mol. The van der Waals surface area contributed by atoms with E-state index in [4.69, 9.17) is 16.3 Å². The molecule has 1 atom stereocenters. The fraction of sp³-hybridized carbons (Fsp3) is 0.833. The molecule has 0 N–H and O–H groups in total. The normalized spacial score (nSPS) is 29.2. The minimum atomic E-state index is 0.495. The first-order chi connectivity index (χ1) is 7.88. The zero-order valence-corrected chi connectivity index (χ0v) is 10.5. The van der Waals surface area contributed by atoms with Gasteiger partial charge in [-0.1, -0.05) is 17.7 Å². The average Bonchev–Trinajstić information content (AvgIpc) is 2.81. The fourth-order valence-corrected chi connectivity index (χ4v) is 2.50. The van der Waals surface area contributed by atoms with Gasteiger partial charge in [0.05, 0.1) is 6.10 Å². The maximum Gasteiger partial charge on any atom is 0.0702 e. The van der Waals surface area contributed by atoms with Crippen LogP contribution in [0.2, 0.25) is 0 Å². The van der Waals surface area contributed by atoms with Gasteiger partial charge in [-0.15, -0.1) is 0 Å². The Morgan fingerprint density at radius 3 is 2.56 bits per heavy atom. The Bertz CT molecular complexity index is 221. The zero-order valence-electron chi connectivity index (χ0n) is 9.78. The quantitative estimate of drug-likeness (QED) is 0.746. The standard InChI is InChI=1S/C12H21ClN2O/c13-4-2-5-14-6-8-15(9-7-14)11-12-3-1-10-16-12/h2,4,12H,1,3,5-11H2/b4-2+. The number of hydrogen-bond acceptors (Lipinski definition) is 3. The molecule has 0 bridgehead atoms. The van der Waals surface area contributed by atoms with E-state index in [9.17, 15) is 0 Å². The van der Waals surface area contributed by atoms with Crippen LogP contribution in [-0.2, 0) is 4.74 Å². The molecule has 0 aromatic carbocycles. The van der Waals surface area contributed by atoms with Crippen molar-refractivity contribution < 1.29 is 4.74 Å². The van der Waals surface area contributed by atoms with Crippen molar-refractivity contribution in [2.24, 2.45) is 0 Å². The molecular formula is C12H21ClN2O. The van der Waals surface area contributed by atoms with E-state index in [0.717, 1.165) is 45.9 Å².